The lowest BCUT2D eigenvalue weighted by atomic mass is 10.2. The fourth-order valence-corrected chi connectivity index (χ4v) is 2.44. The molecule has 1 aliphatic heterocycles. The van der Waals surface area contributed by atoms with E-state index in [1.54, 1.807) is 0 Å². The summed E-state index contributed by atoms with van der Waals surface area (Å²) in [5.74, 6) is 1.02. The first-order valence-corrected chi connectivity index (χ1v) is 5.92. The first-order valence-electron chi connectivity index (χ1n) is 5.92. The molecule has 1 aromatic heterocycles. The molecule has 0 aliphatic carbocycles. The average molecular weight is 233 g/mol. The molecule has 86 valence electrons. The van der Waals surface area contributed by atoms with Crippen LogP contribution in [0.5, 0.6) is 0 Å². The summed E-state index contributed by atoms with van der Waals surface area (Å²) < 4.78 is 2.16. The fourth-order valence-electron chi connectivity index (χ4n) is 2.44. The van der Waals surface area contributed by atoms with Crippen LogP contribution < -0.4 is 5.43 Å². The molecule has 0 radical (unpaired) electrons. The van der Waals surface area contributed by atoms with Crippen LogP contribution in [0.3, 0.4) is 0 Å². The minimum Gasteiger partial charge on any atom is -0.300 e. The van der Waals surface area contributed by atoms with Gasteiger partial charge >= 0.3 is 0 Å². The van der Waals surface area contributed by atoms with Gasteiger partial charge in [0, 0.05) is 22.5 Å². The van der Waals surface area contributed by atoms with Gasteiger partial charge in [0.2, 0.25) is 0 Å². The molecule has 0 atom stereocenters. The van der Waals surface area contributed by atoms with Crippen LogP contribution in [0.4, 0.5) is 5.82 Å². The van der Waals surface area contributed by atoms with Gasteiger partial charge in [-0.2, -0.15) is 5.10 Å². The molecule has 3 aromatic rings. The average Bonchev–Trinajstić information content (AvgIpc) is 2.69. The monoisotopic (exact) mass is 233 g/mol. The van der Waals surface area contributed by atoms with Crippen molar-refractivity contribution in [3.05, 3.63) is 60.3 Å². The Bertz CT molecular complexity index is 768. The molecule has 1 N–H and O–H groups in total. The molecule has 4 rings (SSSR count). The molecule has 18 heavy (non-hydrogen) atoms. The van der Waals surface area contributed by atoms with Crippen molar-refractivity contribution in [1.82, 2.24) is 4.57 Å². The molecule has 0 unspecified atom stereocenters. The van der Waals surface area contributed by atoms with Gasteiger partial charge in [-0.05, 0) is 6.07 Å². The van der Waals surface area contributed by atoms with E-state index in [9.17, 15) is 0 Å². The Hall–Kier alpha value is -2.55. The lowest BCUT2D eigenvalue weighted by Crippen LogP contribution is -1.97. The van der Waals surface area contributed by atoms with Gasteiger partial charge in [-0.3, -0.25) is 5.43 Å². The Labute approximate surface area is 104 Å². The first-order chi connectivity index (χ1) is 8.93. The first kappa shape index (κ1) is 9.48. The highest BCUT2D eigenvalue weighted by Crippen LogP contribution is 2.31. The van der Waals surface area contributed by atoms with Crippen LogP contribution in [-0.2, 0) is 0 Å². The van der Waals surface area contributed by atoms with Crippen LogP contribution in [-0.4, -0.2) is 10.8 Å². The largest absolute Gasteiger partial charge is 0.300 e. The zero-order valence-electron chi connectivity index (χ0n) is 9.67. The maximum Gasteiger partial charge on any atom is 0.139 e. The number of para-hydroxylation sites is 1. The molecule has 3 nitrogen and oxygen atoms in total. The number of aromatic nitrogens is 1. The van der Waals surface area contributed by atoms with E-state index >= 15 is 0 Å². The number of hydrazone groups is 1. The molecule has 0 amide bonds. The number of rotatable bonds is 0. The predicted octanol–water partition coefficient (Wildman–Crippen LogP) is 3.39. The van der Waals surface area contributed by atoms with E-state index in [1.165, 1.54) is 10.8 Å². The number of hydrogen-bond acceptors (Lipinski definition) is 2. The third-order valence-corrected chi connectivity index (χ3v) is 3.30. The Morgan fingerprint density at radius 1 is 0.944 bits per heavy atom. The maximum atomic E-state index is 4.28. The number of nitrogens with zero attached hydrogens (tertiary/aromatic N) is 2. The molecule has 0 fully saturated rings. The van der Waals surface area contributed by atoms with E-state index in [1.807, 2.05) is 24.4 Å². The van der Waals surface area contributed by atoms with Gasteiger partial charge in [0.15, 0.2) is 0 Å². The van der Waals surface area contributed by atoms with Gasteiger partial charge in [-0.15, -0.1) is 0 Å². The summed E-state index contributed by atoms with van der Waals surface area (Å²) in [5, 5.41) is 6.68. The van der Waals surface area contributed by atoms with Crippen molar-refractivity contribution in [1.29, 1.82) is 0 Å². The van der Waals surface area contributed by atoms with Crippen molar-refractivity contribution < 1.29 is 0 Å². The van der Waals surface area contributed by atoms with Crippen LogP contribution in [0.15, 0.2) is 59.8 Å². The summed E-state index contributed by atoms with van der Waals surface area (Å²) in [7, 11) is 0. The van der Waals surface area contributed by atoms with Crippen molar-refractivity contribution in [3.8, 4) is 5.69 Å². The summed E-state index contributed by atoms with van der Waals surface area (Å²) in [6.07, 6.45) is 4.00. The SMILES string of the molecule is C1=NNc2c3ccccc3cn2-c2ccccc21. The van der Waals surface area contributed by atoms with Crippen LogP contribution in [0.1, 0.15) is 5.56 Å². The van der Waals surface area contributed by atoms with E-state index in [2.05, 4.69) is 51.6 Å². The molecule has 0 bridgehead atoms. The van der Waals surface area contributed by atoms with Gasteiger partial charge in [0.1, 0.15) is 5.82 Å². The summed E-state index contributed by atoms with van der Waals surface area (Å²) in [6, 6.07) is 16.6. The Morgan fingerprint density at radius 3 is 2.78 bits per heavy atom. The van der Waals surface area contributed by atoms with E-state index in [0.29, 0.717) is 0 Å². The molecule has 1 aliphatic rings. The van der Waals surface area contributed by atoms with E-state index in [4.69, 9.17) is 0 Å². The van der Waals surface area contributed by atoms with Gasteiger partial charge in [-0.1, -0.05) is 42.5 Å². The minimum absolute atomic E-state index is 1.02. The highest BCUT2D eigenvalue weighted by Gasteiger charge is 2.13. The summed E-state index contributed by atoms with van der Waals surface area (Å²) >= 11 is 0. The van der Waals surface area contributed by atoms with Crippen LogP contribution in [0.25, 0.3) is 16.5 Å². The summed E-state index contributed by atoms with van der Waals surface area (Å²) in [4.78, 5) is 0. The highest BCUT2D eigenvalue weighted by molar-refractivity contribution is 5.97. The molecule has 3 heteroatoms. The second kappa shape index (κ2) is 3.47. The lowest BCUT2D eigenvalue weighted by molar-refractivity contribution is 1.08. The van der Waals surface area contributed by atoms with Crippen LogP contribution >= 0.6 is 0 Å². The molecule has 0 saturated heterocycles. The standard InChI is InChI=1S/C15H11N3/c1-3-7-13-12(6-1)10-18-14-8-4-2-5-11(14)9-16-17-15(13)18/h1-10,17H. The third kappa shape index (κ3) is 1.21. The van der Waals surface area contributed by atoms with Gasteiger partial charge in [-0.25, -0.2) is 0 Å². The fraction of sp³-hybridized carbons (Fsp3) is 0. The highest BCUT2D eigenvalue weighted by atomic mass is 15.3. The van der Waals surface area contributed by atoms with Gasteiger partial charge < -0.3 is 4.57 Å². The van der Waals surface area contributed by atoms with Crippen molar-refractivity contribution in [2.75, 3.05) is 5.43 Å². The van der Waals surface area contributed by atoms with E-state index < -0.39 is 0 Å². The second-order valence-electron chi connectivity index (χ2n) is 4.36. The topological polar surface area (TPSA) is 29.3 Å². The Morgan fingerprint density at radius 2 is 1.78 bits per heavy atom. The molecule has 0 spiro atoms. The van der Waals surface area contributed by atoms with Crippen LogP contribution in [0, 0.1) is 0 Å². The molecule has 2 aromatic carbocycles. The normalized spacial score (nSPS) is 12.7. The second-order valence-corrected chi connectivity index (χ2v) is 4.36. The predicted molar refractivity (Wildman–Crippen MR) is 74.5 cm³/mol. The number of anilines is 1. The minimum atomic E-state index is 1.02. The number of nitrogens with one attached hydrogen (secondary N) is 1. The quantitative estimate of drug-likeness (QED) is 0.633. The van der Waals surface area contributed by atoms with Crippen molar-refractivity contribution in [2.45, 2.75) is 0 Å². The number of hydrogen-bond donors (Lipinski definition) is 1. The molecular formula is C15H11N3. The van der Waals surface area contributed by atoms with Crippen molar-refractivity contribution in [3.63, 3.8) is 0 Å². The third-order valence-electron chi connectivity index (χ3n) is 3.30. The maximum absolute atomic E-state index is 4.28. The molecular weight excluding hydrogens is 222 g/mol. The number of fused-ring (bicyclic) bond motifs is 5. The molecule has 2 heterocycles. The Balaban J connectivity index is 2.13. The van der Waals surface area contributed by atoms with Crippen molar-refractivity contribution >= 4 is 22.8 Å². The van der Waals surface area contributed by atoms with E-state index in [-0.39, 0.29) is 0 Å². The zero-order valence-corrected chi connectivity index (χ0v) is 9.67. The number of benzene rings is 2. The van der Waals surface area contributed by atoms with Crippen LogP contribution in [0.2, 0.25) is 0 Å². The van der Waals surface area contributed by atoms with E-state index in [0.717, 1.165) is 17.1 Å². The smallest absolute Gasteiger partial charge is 0.139 e. The van der Waals surface area contributed by atoms with Crippen molar-refractivity contribution in [2.24, 2.45) is 5.10 Å². The zero-order chi connectivity index (χ0) is 11.9. The summed E-state index contributed by atoms with van der Waals surface area (Å²) in [6.45, 7) is 0. The molecule has 0 saturated carbocycles. The van der Waals surface area contributed by atoms with Gasteiger partial charge in [0.05, 0.1) is 11.9 Å². The summed E-state index contributed by atoms with van der Waals surface area (Å²) in [5.41, 5.74) is 5.39. The lowest BCUT2D eigenvalue weighted by Gasteiger charge is -2.07. The Kier molecular flexibility index (Phi) is 1.83. The van der Waals surface area contributed by atoms with Gasteiger partial charge in [0.25, 0.3) is 0 Å².